The van der Waals surface area contributed by atoms with E-state index in [2.05, 4.69) is 10.1 Å². The molecule has 6 rings (SSSR count). The molecular weight excluding hydrogens is 577 g/mol. The molecule has 44 heavy (non-hydrogen) atoms. The molecule has 1 unspecified atom stereocenters. The third kappa shape index (κ3) is 6.01. The van der Waals surface area contributed by atoms with Gasteiger partial charge in [0.2, 0.25) is 11.7 Å². The predicted octanol–water partition coefficient (Wildman–Crippen LogP) is 6.84. The molecule has 2 heterocycles. The van der Waals surface area contributed by atoms with Crippen molar-refractivity contribution in [1.82, 2.24) is 10.1 Å². The van der Waals surface area contributed by atoms with Crippen molar-refractivity contribution >= 4 is 5.97 Å². The van der Waals surface area contributed by atoms with Crippen molar-refractivity contribution in [3.8, 4) is 34.0 Å². The molecule has 1 N–H and O–H groups in total. The number of aromatic nitrogens is 2. The highest BCUT2D eigenvalue weighted by atomic mass is 19.4. The minimum Gasteiger partial charge on any atom is -0.492 e. The van der Waals surface area contributed by atoms with E-state index in [0.717, 1.165) is 11.6 Å². The Balaban J connectivity index is 1.27. The fourth-order valence-electron chi connectivity index (χ4n) is 5.90. The number of carbonyl (C=O) groups is 1. The Morgan fingerprint density at radius 1 is 1.05 bits per heavy atom. The van der Waals surface area contributed by atoms with Crippen molar-refractivity contribution in [2.75, 3.05) is 13.7 Å². The summed E-state index contributed by atoms with van der Waals surface area (Å²) in [6.45, 7) is 3.61. The standard InChI is InChI=1S/C33H31F3N2O6/c1-32(2,40)16-28-37-31(38-44-28)19-6-4-18(5-7-19)30-24-11-13-26(23(24)10-12-25(30)33(34,35)36)43-21-8-9-22-20(14-29(39)41-3)17-42-27(22)15-21/h4-10,12,15,20,26,40H,11,13-14,16-17H2,1-3H3/t20?,26-/m1/s1. The monoisotopic (exact) mass is 608 g/mol. The summed E-state index contributed by atoms with van der Waals surface area (Å²) in [4.78, 5) is 16.1. The molecule has 1 aromatic heterocycles. The summed E-state index contributed by atoms with van der Waals surface area (Å²) in [5, 5.41) is 14.0. The average Bonchev–Trinajstić information content (AvgIpc) is 3.70. The van der Waals surface area contributed by atoms with Crippen molar-refractivity contribution in [1.29, 1.82) is 0 Å². The number of halogens is 3. The minimum absolute atomic E-state index is 0.108. The zero-order valence-electron chi connectivity index (χ0n) is 24.4. The number of nitrogens with zero attached hydrogens (tertiary/aromatic N) is 2. The molecule has 1 aliphatic heterocycles. The number of alkyl halides is 3. The third-order valence-corrected chi connectivity index (χ3v) is 7.93. The number of methoxy groups -OCH3 is 1. The second kappa shape index (κ2) is 11.3. The molecule has 230 valence electrons. The molecule has 2 atom stereocenters. The van der Waals surface area contributed by atoms with Crippen LogP contribution in [0.15, 0.2) is 59.1 Å². The Kier molecular flexibility index (Phi) is 7.61. The van der Waals surface area contributed by atoms with Gasteiger partial charge in [-0.25, -0.2) is 0 Å². The zero-order chi connectivity index (χ0) is 31.2. The SMILES string of the molecule is COC(=O)CC1COc2cc(O[C@@H]3CCc4c3ccc(C(F)(F)F)c4-c3ccc(-c4noc(CC(C)(C)O)n4)cc3)ccc21. The molecule has 2 aliphatic rings. The quantitative estimate of drug-likeness (QED) is 0.217. The van der Waals surface area contributed by atoms with Crippen LogP contribution in [0.3, 0.4) is 0 Å². The first kappa shape index (κ1) is 29.7. The maximum atomic E-state index is 14.3. The molecule has 0 fully saturated rings. The summed E-state index contributed by atoms with van der Waals surface area (Å²) in [5.74, 6) is 1.28. The fourth-order valence-corrected chi connectivity index (χ4v) is 5.90. The first-order valence-corrected chi connectivity index (χ1v) is 14.3. The molecular formula is C33H31F3N2O6. The Hall–Kier alpha value is -4.38. The lowest BCUT2D eigenvalue weighted by molar-refractivity contribution is -0.141. The van der Waals surface area contributed by atoms with Crippen LogP contribution in [0.4, 0.5) is 13.2 Å². The van der Waals surface area contributed by atoms with Crippen LogP contribution in [0.2, 0.25) is 0 Å². The number of ether oxygens (including phenoxy) is 3. The molecule has 0 saturated carbocycles. The van der Waals surface area contributed by atoms with Gasteiger partial charge in [-0.3, -0.25) is 4.79 Å². The van der Waals surface area contributed by atoms with Gasteiger partial charge in [0.05, 0.1) is 37.7 Å². The Morgan fingerprint density at radius 2 is 1.77 bits per heavy atom. The number of esters is 1. The average molecular weight is 609 g/mol. The van der Waals surface area contributed by atoms with Crippen molar-refractivity contribution in [3.05, 3.63) is 82.7 Å². The van der Waals surface area contributed by atoms with E-state index in [1.807, 2.05) is 6.07 Å². The van der Waals surface area contributed by atoms with E-state index in [1.54, 1.807) is 50.2 Å². The van der Waals surface area contributed by atoms with E-state index in [1.165, 1.54) is 13.2 Å². The molecule has 0 radical (unpaired) electrons. The minimum atomic E-state index is -4.56. The van der Waals surface area contributed by atoms with Crippen LogP contribution in [0.1, 0.15) is 66.9 Å². The Labute approximate surface area is 251 Å². The van der Waals surface area contributed by atoms with Gasteiger partial charge in [-0.15, -0.1) is 0 Å². The summed E-state index contributed by atoms with van der Waals surface area (Å²) < 4.78 is 64.9. The highest BCUT2D eigenvalue weighted by molar-refractivity contribution is 5.76. The first-order valence-electron chi connectivity index (χ1n) is 14.3. The Bertz CT molecular complexity index is 1690. The summed E-state index contributed by atoms with van der Waals surface area (Å²) in [5.41, 5.74) is 1.59. The molecule has 3 aromatic carbocycles. The van der Waals surface area contributed by atoms with Crippen LogP contribution in [0.5, 0.6) is 11.5 Å². The van der Waals surface area contributed by atoms with Crippen LogP contribution in [-0.2, 0) is 28.5 Å². The number of fused-ring (bicyclic) bond motifs is 2. The van der Waals surface area contributed by atoms with Gasteiger partial charge in [-0.2, -0.15) is 18.2 Å². The molecule has 0 amide bonds. The molecule has 1 aliphatic carbocycles. The van der Waals surface area contributed by atoms with Crippen molar-refractivity contribution in [2.24, 2.45) is 0 Å². The number of hydrogen-bond donors (Lipinski definition) is 1. The van der Waals surface area contributed by atoms with E-state index in [-0.39, 0.29) is 42.0 Å². The highest BCUT2D eigenvalue weighted by Crippen LogP contribution is 2.47. The lowest BCUT2D eigenvalue weighted by Gasteiger charge is -2.20. The normalized spacial score (nSPS) is 17.6. The summed E-state index contributed by atoms with van der Waals surface area (Å²) >= 11 is 0. The van der Waals surface area contributed by atoms with Gasteiger partial charge in [0.15, 0.2) is 0 Å². The predicted molar refractivity (Wildman–Crippen MR) is 153 cm³/mol. The van der Waals surface area contributed by atoms with E-state index in [4.69, 9.17) is 18.7 Å². The van der Waals surface area contributed by atoms with Gasteiger partial charge in [-0.1, -0.05) is 41.6 Å². The largest absolute Gasteiger partial charge is 0.492 e. The number of aliphatic hydroxyl groups is 1. The molecule has 0 saturated heterocycles. The lowest BCUT2D eigenvalue weighted by Crippen LogP contribution is -2.21. The third-order valence-electron chi connectivity index (χ3n) is 7.93. The molecule has 8 nitrogen and oxygen atoms in total. The molecule has 0 bridgehead atoms. The van der Waals surface area contributed by atoms with Crippen molar-refractivity contribution in [3.63, 3.8) is 0 Å². The topological polar surface area (TPSA) is 104 Å². The smallest absolute Gasteiger partial charge is 0.417 e. The summed E-state index contributed by atoms with van der Waals surface area (Å²) in [6, 6.07) is 14.6. The van der Waals surface area contributed by atoms with E-state index >= 15 is 0 Å². The highest BCUT2D eigenvalue weighted by Gasteiger charge is 2.38. The van der Waals surface area contributed by atoms with E-state index in [0.29, 0.717) is 53.2 Å². The van der Waals surface area contributed by atoms with Crippen LogP contribution in [0.25, 0.3) is 22.5 Å². The van der Waals surface area contributed by atoms with Crippen LogP contribution in [-0.4, -0.2) is 40.5 Å². The van der Waals surface area contributed by atoms with Gasteiger partial charge in [-0.05, 0) is 61.1 Å². The van der Waals surface area contributed by atoms with Gasteiger partial charge in [0, 0.05) is 23.1 Å². The van der Waals surface area contributed by atoms with Crippen LogP contribution in [0, 0.1) is 0 Å². The van der Waals surface area contributed by atoms with E-state index < -0.39 is 23.4 Å². The zero-order valence-corrected chi connectivity index (χ0v) is 24.4. The van der Waals surface area contributed by atoms with Crippen molar-refractivity contribution < 1.29 is 41.8 Å². The first-order chi connectivity index (χ1) is 20.9. The van der Waals surface area contributed by atoms with Gasteiger partial charge < -0.3 is 23.8 Å². The van der Waals surface area contributed by atoms with Gasteiger partial charge in [0.1, 0.15) is 17.6 Å². The summed E-state index contributed by atoms with van der Waals surface area (Å²) in [7, 11) is 1.35. The number of benzene rings is 3. The number of carbonyl (C=O) groups excluding carboxylic acids is 1. The van der Waals surface area contributed by atoms with E-state index in [9.17, 15) is 23.1 Å². The van der Waals surface area contributed by atoms with Crippen LogP contribution >= 0.6 is 0 Å². The fraction of sp³-hybridized carbons (Fsp3) is 0.364. The maximum absolute atomic E-state index is 14.3. The molecule has 0 spiro atoms. The summed E-state index contributed by atoms with van der Waals surface area (Å²) in [6.07, 6.45) is -3.69. The molecule has 4 aromatic rings. The molecule has 11 heteroatoms. The number of hydrogen-bond acceptors (Lipinski definition) is 8. The van der Waals surface area contributed by atoms with Crippen molar-refractivity contribution in [2.45, 2.75) is 63.3 Å². The number of rotatable bonds is 8. The maximum Gasteiger partial charge on any atom is 0.417 e. The van der Waals surface area contributed by atoms with Gasteiger partial charge in [0.25, 0.3) is 0 Å². The second-order valence-corrected chi connectivity index (χ2v) is 11.8. The van der Waals surface area contributed by atoms with Crippen LogP contribution < -0.4 is 9.47 Å². The lowest BCUT2D eigenvalue weighted by atomic mass is 9.91. The second-order valence-electron chi connectivity index (χ2n) is 11.8. The Morgan fingerprint density at radius 3 is 2.48 bits per heavy atom. The van der Waals surface area contributed by atoms with Gasteiger partial charge >= 0.3 is 12.1 Å².